The van der Waals surface area contributed by atoms with E-state index in [1.54, 1.807) is 4.90 Å². The van der Waals surface area contributed by atoms with Crippen molar-refractivity contribution in [1.29, 1.82) is 0 Å². The highest BCUT2D eigenvalue weighted by atomic mass is 16.5. The van der Waals surface area contributed by atoms with Crippen LogP contribution in [-0.4, -0.2) is 60.1 Å². The van der Waals surface area contributed by atoms with Crippen LogP contribution < -0.4 is 11.1 Å². The summed E-state index contributed by atoms with van der Waals surface area (Å²) >= 11 is 0. The van der Waals surface area contributed by atoms with Crippen molar-refractivity contribution in [1.82, 2.24) is 9.80 Å². The maximum absolute atomic E-state index is 13.6. The van der Waals surface area contributed by atoms with Gasteiger partial charge in [0, 0.05) is 43.3 Å². The molecule has 2 aliphatic carbocycles. The zero-order chi connectivity index (χ0) is 22.3. The molecule has 1 saturated heterocycles. The predicted molar refractivity (Wildman–Crippen MR) is 125 cm³/mol. The molecule has 3 amide bonds. The van der Waals surface area contributed by atoms with E-state index < -0.39 is 0 Å². The van der Waals surface area contributed by atoms with E-state index in [-0.39, 0.29) is 24.0 Å². The molecule has 0 unspecified atom stereocenters. The molecule has 32 heavy (non-hydrogen) atoms. The number of anilines is 1. The number of ether oxygens (including phenoxy) is 1. The third-order valence-electron chi connectivity index (χ3n) is 7.32. The highest BCUT2D eigenvalue weighted by molar-refractivity contribution is 5.90. The number of nitrogens with two attached hydrogens (primary N) is 1. The molecule has 0 aromatic heterocycles. The molecule has 7 nitrogen and oxygen atoms in total. The molecule has 1 aliphatic heterocycles. The maximum Gasteiger partial charge on any atom is 0.322 e. The molecule has 1 aromatic rings. The van der Waals surface area contributed by atoms with E-state index in [2.05, 4.69) is 10.2 Å². The Morgan fingerprint density at radius 2 is 1.69 bits per heavy atom. The number of para-hydroxylation sites is 1. The first-order valence-corrected chi connectivity index (χ1v) is 12.4. The molecule has 0 atom stereocenters. The second kappa shape index (κ2) is 11.1. The van der Waals surface area contributed by atoms with Crippen molar-refractivity contribution >= 4 is 17.6 Å². The highest BCUT2D eigenvalue weighted by Gasteiger charge is 2.33. The van der Waals surface area contributed by atoms with Gasteiger partial charge < -0.3 is 25.6 Å². The quantitative estimate of drug-likeness (QED) is 0.727. The summed E-state index contributed by atoms with van der Waals surface area (Å²) in [6.45, 7) is 2.88. The first-order valence-electron chi connectivity index (χ1n) is 12.4. The van der Waals surface area contributed by atoms with Crippen LogP contribution in [0.25, 0.3) is 0 Å². The Kier molecular flexibility index (Phi) is 8.03. The molecule has 0 radical (unpaired) electrons. The van der Waals surface area contributed by atoms with E-state index in [4.69, 9.17) is 10.5 Å². The summed E-state index contributed by atoms with van der Waals surface area (Å²) in [6.07, 6.45) is 9.37. The Balaban J connectivity index is 1.51. The molecule has 1 aromatic carbocycles. The van der Waals surface area contributed by atoms with Crippen LogP contribution in [0.4, 0.5) is 10.5 Å². The van der Waals surface area contributed by atoms with Gasteiger partial charge in [-0.25, -0.2) is 4.79 Å². The van der Waals surface area contributed by atoms with Crippen molar-refractivity contribution in [3.63, 3.8) is 0 Å². The smallest absolute Gasteiger partial charge is 0.322 e. The molecule has 0 bridgehead atoms. The van der Waals surface area contributed by atoms with Crippen LogP contribution >= 0.6 is 0 Å². The minimum atomic E-state index is -0.102. The van der Waals surface area contributed by atoms with Gasteiger partial charge >= 0.3 is 6.03 Å². The van der Waals surface area contributed by atoms with Gasteiger partial charge in [-0.1, -0.05) is 37.5 Å². The zero-order valence-corrected chi connectivity index (χ0v) is 19.1. The van der Waals surface area contributed by atoms with Crippen molar-refractivity contribution < 1.29 is 14.3 Å². The molecule has 3 fully saturated rings. The van der Waals surface area contributed by atoms with Gasteiger partial charge in [0.25, 0.3) is 0 Å². The average molecular weight is 443 g/mol. The Morgan fingerprint density at radius 1 is 1.00 bits per heavy atom. The van der Waals surface area contributed by atoms with Crippen LogP contribution in [0.15, 0.2) is 24.3 Å². The van der Waals surface area contributed by atoms with E-state index in [0.29, 0.717) is 38.8 Å². The number of urea groups is 1. The lowest BCUT2D eigenvalue weighted by Gasteiger charge is -2.39. The van der Waals surface area contributed by atoms with Crippen molar-refractivity contribution in [2.75, 3.05) is 31.6 Å². The highest BCUT2D eigenvalue weighted by Crippen LogP contribution is 2.31. The van der Waals surface area contributed by atoms with E-state index in [1.807, 2.05) is 24.3 Å². The van der Waals surface area contributed by atoms with Gasteiger partial charge in [0.2, 0.25) is 5.91 Å². The summed E-state index contributed by atoms with van der Waals surface area (Å²) < 4.78 is 5.36. The fraction of sp³-hybridized carbons (Fsp3) is 0.680. The number of nitrogens with zero attached hydrogens (tertiary/aromatic N) is 2. The van der Waals surface area contributed by atoms with E-state index >= 15 is 0 Å². The topological polar surface area (TPSA) is 87.9 Å². The predicted octanol–water partition coefficient (Wildman–Crippen LogP) is 3.73. The standard InChI is InChI=1S/C25H38N4O3/c26-21-10-12-22(13-11-21)29(24(30)19-6-2-1-3-7-19)18-20-8-4-5-9-23(20)27-25(31)28-14-16-32-17-15-28/h4-5,8-9,19,21-22H,1-3,6-7,10-18,26H2,(H,27,31). The molecule has 3 N–H and O–H groups in total. The molecular weight excluding hydrogens is 404 g/mol. The zero-order valence-electron chi connectivity index (χ0n) is 19.1. The van der Waals surface area contributed by atoms with Gasteiger partial charge in [0.15, 0.2) is 0 Å². The van der Waals surface area contributed by atoms with Crippen molar-refractivity contribution in [2.24, 2.45) is 11.7 Å². The number of carbonyl (C=O) groups excluding carboxylic acids is 2. The number of nitrogens with one attached hydrogen (secondary N) is 1. The summed E-state index contributed by atoms with van der Waals surface area (Å²) in [5.74, 6) is 0.425. The summed E-state index contributed by atoms with van der Waals surface area (Å²) in [6, 6.07) is 8.27. The minimum Gasteiger partial charge on any atom is -0.378 e. The lowest BCUT2D eigenvalue weighted by molar-refractivity contribution is -0.140. The van der Waals surface area contributed by atoms with Crippen molar-refractivity contribution in [2.45, 2.75) is 76.4 Å². The molecule has 7 heteroatoms. The van der Waals surface area contributed by atoms with E-state index in [9.17, 15) is 9.59 Å². The maximum atomic E-state index is 13.6. The number of benzene rings is 1. The summed E-state index contributed by atoms with van der Waals surface area (Å²) in [7, 11) is 0. The number of rotatable bonds is 5. The van der Waals surface area contributed by atoms with Crippen LogP contribution in [0.2, 0.25) is 0 Å². The van der Waals surface area contributed by atoms with Crippen molar-refractivity contribution in [3.8, 4) is 0 Å². The number of hydrogen-bond acceptors (Lipinski definition) is 4. The fourth-order valence-corrected chi connectivity index (χ4v) is 5.31. The van der Waals surface area contributed by atoms with Gasteiger partial charge in [0.1, 0.15) is 0 Å². The largest absolute Gasteiger partial charge is 0.378 e. The summed E-state index contributed by atoms with van der Waals surface area (Å²) in [5, 5.41) is 3.09. The number of amides is 3. The van der Waals surface area contributed by atoms with Gasteiger partial charge in [-0.3, -0.25) is 4.79 Å². The molecule has 0 spiro atoms. The van der Waals surface area contributed by atoms with Gasteiger partial charge in [0.05, 0.1) is 13.2 Å². The monoisotopic (exact) mass is 442 g/mol. The molecule has 3 aliphatic rings. The first-order chi connectivity index (χ1) is 15.6. The Labute approximate surface area is 191 Å². The van der Waals surface area contributed by atoms with Gasteiger partial charge in [-0.15, -0.1) is 0 Å². The third-order valence-corrected chi connectivity index (χ3v) is 7.32. The van der Waals surface area contributed by atoms with Crippen molar-refractivity contribution in [3.05, 3.63) is 29.8 Å². The molecule has 1 heterocycles. The Morgan fingerprint density at radius 3 is 2.41 bits per heavy atom. The second-order valence-electron chi connectivity index (χ2n) is 9.56. The second-order valence-corrected chi connectivity index (χ2v) is 9.56. The third kappa shape index (κ3) is 5.81. The van der Waals surface area contributed by atoms with Crippen LogP contribution in [0.1, 0.15) is 63.4 Å². The lowest BCUT2D eigenvalue weighted by atomic mass is 9.85. The normalized spacial score (nSPS) is 24.7. The SMILES string of the molecule is NC1CCC(N(Cc2ccccc2NC(=O)N2CCOCC2)C(=O)C2CCCCC2)CC1. The van der Waals surface area contributed by atoms with Crippen LogP contribution in [-0.2, 0) is 16.1 Å². The molecular formula is C25H38N4O3. The lowest BCUT2D eigenvalue weighted by Crippen LogP contribution is -2.46. The number of hydrogen-bond donors (Lipinski definition) is 2. The molecule has 176 valence electrons. The van der Waals surface area contributed by atoms with Crippen LogP contribution in [0.5, 0.6) is 0 Å². The average Bonchev–Trinajstić information content (AvgIpc) is 2.85. The summed E-state index contributed by atoms with van der Waals surface area (Å²) in [5.41, 5.74) is 7.94. The van der Waals surface area contributed by atoms with E-state index in [1.165, 1.54) is 6.42 Å². The fourth-order valence-electron chi connectivity index (χ4n) is 5.31. The molecule has 4 rings (SSSR count). The minimum absolute atomic E-state index is 0.102. The Bertz CT molecular complexity index is 766. The van der Waals surface area contributed by atoms with Gasteiger partial charge in [-0.05, 0) is 50.2 Å². The number of carbonyl (C=O) groups is 2. The number of morpholine rings is 1. The Hall–Kier alpha value is -2.12. The summed E-state index contributed by atoms with van der Waals surface area (Å²) in [4.78, 5) is 30.3. The molecule has 2 saturated carbocycles. The van der Waals surface area contributed by atoms with Crippen LogP contribution in [0, 0.1) is 5.92 Å². The van der Waals surface area contributed by atoms with Gasteiger partial charge in [-0.2, -0.15) is 0 Å². The van der Waals surface area contributed by atoms with E-state index in [0.717, 1.165) is 62.6 Å². The first kappa shape index (κ1) is 23.1. The van der Waals surface area contributed by atoms with Crippen LogP contribution in [0.3, 0.4) is 0 Å².